The molecule has 0 saturated carbocycles. The SMILES string of the molecule is COc1cc(Nc2cc(F)cc([N+](=O)[O-])c2)cc(OC)c1. The third-order valence-corrected chi connectivity index (χ3v) is 2.73. The van der Waals surface area contributed by atoms with E-state index in [9.17, 15) is 14.5 Å². The number of nitro groups is 1. The van der Waals surface area contributed by atoms with Gasteiger partial charge in [-0.25, -0.2) is 4.39 Å². The fourth-order valence-electron chi connectivity index (χ4n) is 1.80. The Balaban J connectivity index is 2.35. The number of nitrogens with zero attached hydrogens (tertiary/aromatic N) is 1. The Kier molecular flexibility index (Phi) is 4.22. The van der Waals surface area contributed by atoms with Crippen LogP contribution in [0.15, 0.2) is 36.4 Å². The van der Waals surface area contributed by atoms with Gasteiger partial charge in [-0.2, -0.15) is 0 Å². The van der Waals surface area contributed by atoms with Gasteiger partial charge in [-0.15, -0.1) is 0 Å². The largest absolute Gasteiger partial charge is 0.497 e. The van der Waals surface area contributed by atoms with Crippen molar-refractivity contribution in [2.45, 2.75) is 0 Å². The summed E-state index contributed by atoms with van der Waals surface area (Å²) in [5.74, 6) is 0.395. The lowest BCUT2D eigenvalue weighted by molar-refractivity contribution is -0.385. The van der Waals surface area contributed by atoms with Crippen molar-refractivity contribution in [2.24, 2.45) is 0 Å². The van der Waals surface area contributed by atoms with E-state index in [-0.39, 0.29) is 11.4 Å². The summed E-state index contributed by atoms with van der Waals surface area (Å²) in [7, 11) is 3.01. The predicted octanol–water partition coefficient (Wildman–Crippen LogP) is 3.49. The number of non-ortho nitro benzene ring substituents is 1. The van der Waals surface area contributed by atoms with Gasteiger partial charge in [0.15, 0.2) is 0 Å². The average Bonchev–Trinajstić information content (AvgIpc) is 2.46. The highest BCUT2D eigenvalue weighted by Gasteiger charge is 2.10. The Morgan fingerprint density at radius 3 is 2.10 bits per heavy atom. The molecule has 1 N–H and O–H groups in total. The molecule has 0 fully saturated rings. The minimum absolute atomic E-state index is 0.261. The molecule has 0 heterocycles. The van der Waals surface area contributed by atoms with E-state index in [0.29, 0.717) is 17.2 Å². The molecule has 0 amide bonds. The molecule has 0 unspecified atom stereocenters. The van der Waals surface area contributed by atoms with Crippen LogP contribution in [0.2, 0.25) is 0 Å². The topological polar surface area (TPSA) is 73.6 Å². The van der Waals surface area contributed by atoms with Crippen LogP contribution in [-0.2, 0) is 0 Å². The fourth-order valence-corrected chi connectivity index (χ4v) is 1.80. The van der Waals surface area contributed by atoms with E-state index in [1.807, 2.05) is 0 Å². The molecule has 0 atom stereocenters. The zero-order valence-corrected chi connectivity index (χ0v) is 11.4. The van der Waals surface area contributed by atoms with Crippen molar-refractivity contribution in [1.29, 1.82) is 0 Å². The van der Waals surface area contributed by atoms with E-state index >= 15 is 0 Å². The number of anilines is 2. The molecule has 2 aromatic rings. The van der Waals surface area contributed by atoms with Crippen LogP contribution in [0.4, 0.5) is 21.5 Å². The van der Waals surface area contributed by atoms with Gasteiger partial charge in [-0.3, -0.25) is 10.1 Å². The van der Waals surface area contributed by atoms with E-state index in [1.54, 1.807) is 18.2 Å². The van der Waals surface area contributed by atoms with Crippen LogP contribution in [0.3, 0.4) is 0 Å². The molecular formula is C14H13FN2O4. The van der Waals surface area contributed by atoms with Crippen molar-refractivity contribution in [3.8, 4) is 11.5 Å². The molecule has 0 aliphatic heterocycles. The van der Waals surface area contributed by atoms with Crippen LogP contribution in [0.25, 0.3) is 0 Å². The van der Waals surface area contributed by atoms with Gasteiger partial charge in [0, 0.05) is 35.6 Å². The summed E-state index contributed by atoms with van der Waals surface area (Å²) in [5, 5.41) is 13.6. The fraction of sp³-hybridized carbons (Fsp3) is 0.143. The van der Waals surface area contributed by atoms with Crippen LogP contribution >= 0.6 is 0 Å². The number of hydrogen-bond donors (Lipinski definition) is 1. The maximum absolute atomic E-state index is 13.4. The highest BCUT2D eigenvalue weighted by atomic mass is 19.1. The third-order valence-electron chi connectivity index (χ3n) is 2.73. The molecule has 7 heteroatoms. The summed E-state index contributed by atoms with van der Waals surface area (Å²) >= 11 is 0. The average molecular weight is 292 g/mol. The van der Waals surface area contributed by atoms with E-state index < -0.39 is 10.7 Å². The molecule has 0 aromatic heterocycles. The molecule has 6 nitrogen and oxygen atoms in total. The third kappa shape index (κ3) is 3.59. The van der Waals surface area contributed by atoms with Crippen molar-refractivity contribution >= 4 is 17.1 Å². The number of nitro benzene ring substituents is 1. The molecule has 0 saturated heterocycles. The van der Waals surface area contributed by atoms with Crippen molar-refractivity contribution in [3.05, 3.63) is 52.3 Å². The van der Waals surface area contributed by atoms with E-state index in [2.05, 4.69) is 5.32 Å². The molecule has 2 aromatic carbocycles. The number of rotatable bonds is 5. The molecule has 110 valence electrons. The Labute approximate surface area is 120 Å². The van der Waals surface area contributed by atoms with Gasteiger partial charge >= 0.3 is 0 Å². The van der Waals surface area contributed by atoms with Crippen LogP contribution in [0.5, 0.6) is 11.5 Å². The smallest absolute Gasteiger partial charge is 0.274 e. The summed E-state index contributed by atoms with van der Waals surface area (Å²) in [6, 6.07) is 8.28. The monoisotopic (exact) mass is 292 g/mol. The minimum atomic E-state index is -0.693. The highest BCUT2D eigenvalue weighted by molar-refractivity contribution is 5.65. The predicted molar refractivity (Wildman–Crippen MR) is 75.9 cm³/mol. The summed E-state index contributed by atoms with van der Waals surface area (Å²) in [4.78, 5) is 10.1. The summed E-state index contributed by atoms with van der Waals surface area (Å²) in [6.07, 6.45) is 0. The number of hydrogen-bond acceptors (Lipinski definition) is 5. The molecule has 0 aliphatic carbocycles. The number of ether oxygens (including phenoxy) is 2. The van der Waals surface area contributed by atoms with Gasteiger partial charge in [0.05, 0.1) is 25.2 Å². The van der Waals surface area contributed by atoms with E-state index in [4.69, 9.17) is 9.47 Å². The maximum Gasteiger partial charge on any atom is 0.274 e. The van der Waals surface area contributed by atoms with Gasteiger partial charge in [0.25, 0.3) is 5.69 Å². The normalized spacial score (nSPS) is 10.0. The van der Waals surface area contributed by atoms with Crippen molar-refractivity contribution in [3.63, 3.8) is 0 Å². The van der Waals surface area contributed by atoms with Gasteiger partial charge < -0.3 is 14.8 Å². The lowest BCUT2D eigenvalue weighted by atomic mass is 10.2. The molecule has 0 aliphatic rings. The second kappa shape index (κ2) is 6.08. The van der Waals surface area contributed by atoms with Crippen molar-refractivity contribution in [2.75, 3.05) is 19.5 Å². The second-order valence-electron chi connectivity index (χ2n) is 4.18. The molecular weight excluding hydrogens is 279 g/mol. The zero-order chi connectivity index (χ0) is 15.4. The van der Waals surface area contributed by atoms with Crippen LogP contribution < -0.4 is 14.8 Å². The number of benzene rings is 2. The molecule has 0 spiro atoms. The van der Waals surface area contributed by atoms with Crippen molar-refractivity contribution < 1.29 is 18.8 Å². The summed E-state index contributed by atoms with van der Waals surface area (Å²) < 4.78 is 23.6. The number of halogens is 1. The first kappa shape index (κ1) is 14.6. The van der Waals surface area contributed by atoms with E-state index in [1.165, 1.54) is 26.4 Å². The first-order valence-electron chi connectivity index (χ1n) is 5.97. The minimum Gasteiger partial charge on any atom is -0.497 e. The van der Waals surface area contributed by atoms with E-state index in [0.717, 1.165) is 6.07 Å². The lowest BCUT2D eigenvalue weighted by Gasteiger charge is -2.10. The lowest BCUT2D eigenvalue weighted by Crippen LogP contribution is -1.96. The quantitative estimate of drug-likeness (QED) is 0.674. The van der Waals surface area contributed by atoms with Crippen LogP contribution in [0.1, 0.15) is 0 Å². The van der Waals surface area contributed by atoms with Crippen molar-refractivity contribution in [1.82, 2.24) is 0 Å². The van der Waals surface area contributed by atoms with Crippen LogP contribution in [0, 0.1) is 15.9 Å². The zero-order valence-electron chi connectivity index (χ0n) is 11.4. The molecule has 0 radical (unpaired) electrons. The van der Waals surface area contributed by atoms with Crippen LogP contribution in [-0.4, -0.2) is 19.1 Å². The Morgan fingerprint density at radius 2 is 1.57 bits per heavy atom. The first-order valence-corrected chi connectivity index (χ1v) is 5.97. The number of nitrogens with one attached hydrogen (secondary N) is 1. The standard InChI is InChI=1S/C14H13FN2O4/c1-20-13-6-11(7-14(8-13)21-2)16-10-3-9(15)4-12(5-10)17(18)19/h3-8,16H,1-2H3. The molecule has 2 rings (SSSR count). The Bertz CT molecular complexity index is 654. The summed E-state index contributed by atoms with van der Waals surface area (Å²) in [6.45, 7) is 0. The van der Waals surface area contributed by atoms with Gasteiger partial charge in [-0.1, -0.05) is 0 Å². The first-order chi connectivity index (χ1) is 10.0. The Hall–Kier alpha value is -2.83. The Morgan fingerprint density at radius 1 is 1.00 bits per heavy atom. The molecule has 21 heavy (non-hydrogen) atoms. The second-order valence-corrected chi connectivity index (χ2v) is 4.18. The van der Waals surface area contributed by atoms with Gasteiger partial charge in [-0.05, 0) is 6.07 Å². The maximum atomic E-state index is 13.4. The summed E-state index contributed by atoms with van der Waals surface area (Å²) in [5.41, 5.74) is 0.496. The highest BCUT2D eigenvalue weighted by Crippen LogP contribution is 2.29. The number of methoxy groups -OCH3 is 2. The molecule has 0 bridgehead atoms. The van der Waals surface area contributed by atoms with Gasteiger partial charge in [0.1, 0.15) is 17.3 Å². The van der Waals surface area contributed by atoms with Gasteiger partial charge in [0.2, 0.25) is 0 Å².